The Morgan fingerprint density at radius 2 is 2.31 bits per heavy atom. The molecule has 0 aliphatic heterocycles. The van der Waals surface area contributed by atoms with Gasteiger partial charge in [0.25, 0.3) is 0 Å². The molecule has 0 saturated heterocycles. The minimum atomic E-state index is 0.542. The van der Waals surface area contributed by atoms with Crippen LogP contribution in [0.3, 0.4) is 0 Å². The van der Waals surface area contributed by atoms with Crippen LogP contribution in [-0.2, 0) is 12.8 Å². The maximum absolute atomic E-state index is 4.53. The monoisotopic (exact) mass is 198 g/mol. The van der Waals surface area contributed by atoms with E-state index in [9.17, 15) is 0 Å². The van der Waals surface area contributed by atoms with E-state index in [0.29, 0.717) is 6.04 Å². The SMILES string of the molecule is CCNC(C)Cc1nc(CC)cs1. The Hall–Kier alpha value is -0.410. The Balaban J connectivity index is 2.44. The van der Waals surface area contributed by atoms with E-state index in [1.807, 2.05) is 0 Å². The van der Waals surface area contributed by atoms with Crippen molar-refractivity contribution in [2.24, 2.45) is 0 Å². The van der Waals surface area contributed by atoms with Crippen molar-refractivity contribution in [3.8, 4) is 0 Å². The normalized spacial score (nSPS) is 13.2. The highest BCUT2D eigenvalue weighted by Crippen LogP contribution is 2.12. The highest BCUT2D eigenvalue weighted by Gasteiger charge is 2.05. The lowest BCUT2D eigenvalue weighted by atomic mass is 10.2. The van der Waals surface area contributed by atoms with Crippen LogP contribution in [0.1, 0.15) is 31.5 Å². The van der Waals surface area contributed by atoms with Crippen molar-refractivity contribution in [3.05, 3.63) is 16.1 Å². The molecule has 0 aliphatic carbocycles. The molecule has 1 heterocycles. The van der Waals surface area contributed by atoms with Crippen LogP contribution in [0.25, 0.3) is 0 Å². The van der Waals surface area contributed by atoms with E-state index in [0.717, 1.165) is 19.4 Å². The molecule has 0 radical (unpaired) electrons. The van der Waals surface area contributed by atoms with Crippen LogP contribution >= 0.6 is 11.3 Å². The van der Waals surface area contributed by atoms with Crippen molar-refractivity contribution >= 4 is 11.3 Å². The van der Waals surface area contributed by atoms with Gasteiger partial charge in [0.2, 0.25) is 0 Å². The summed E-state index contributed by atoms with van der Waals surface area (Å²) in [5.41, 5.74) is 1.23. The van der Waals surface area contributed by atoms with Crippen LogP contribution in [0.15, 0.2) is 5.38 Å². The Labute approximate surface area is 84.4 Å². The van der Waals surface area contributed by atoms with Gasteiger partial charge in [-0.15, -0.1) is 11.3 Å². The summed E-state index contributed by atoms with van der Waals surface area (Å²) < 4.78 is 0. The molecule has 1 aromatic rings. The Kier molecular flexibility index (Phi) is 4.39. The van der Waals surface area contributed by atoms with Gasteiger partial charge < -0.3 is 5.32 Å². The molecule has 0 fully saturated rings. The molecule has 0 spiro atoms. The number of likely N-dealkylation sites (N-methyl/N-ethyl adjacent to an activating group) is 1. The van der Waals surface area contributed by atoms with Crippen LogP contribution < -0.4 is 5.32 Å². The zero-order valence-corrected chi connectivity index (χ0v) is 9.45. The molecule has 1 rings (SSSR count). The molecule has 0 bridgehead atoms. The molecule has 1 aromatic heterocycles. The highest BCUT2D eigenvalue weighted by atomic mass is 32.1. The molecule has 1 atom stereocenters. The average Bonchev–Trinajstić information content (AvgIpc) is 2.52. The minimum Gasteiger partial charge on any atom is -0.314 e. The Morgan fingerprint density at radius 3 is 2.85 bits per heavy atom. The van der Waals surface area contributed by atoms with Gasteiger partial charge >= 0.3 is 0 Å². The first-order chi connectivity index (χ1) is 6.26. The number of aromatic nitrogens is 1. The van der Waals surface area contributed by atoms with Gasteiger partial charge in [-0.2, -0.15) is 0 Å². The molecule has 0 aliphatic rings. The topological polar surface area (TPSA) is 24.9 Å². The second-order valence-electron chi connectivity index (χ2n) is 3.25. The lowest BCUT2D eigenvalue weighted by molar-refractivity contribution is 0.563. The van der Waals surface area contributed by atoms with E-state index in [2.05, 4.69) is 36.5 Å². The van der Waals surface area contributed by atoms with Crippen molar-refractivity contribution < 1.29 is 0 Å². The van der Waals surface area contributed by atoms with Crippen molar-refractivity contribution in [2.45, 2.75) is 39.7 Å². The molecular formula is C10H18N2S. The summed E-state index contributed by atoms with van der Waals surface area (Å²) in [5.74, 6) is 0. The predicted molar refractivity (Wildman–Crippen MR) is 58.3 cm³/mol. The predicted octanol–water partition coefficient (Wildman–Crippen LogP) is 2.25. The second-order valence-corrected chi connectivity index (χ2v) is 4.19. The number of nitrogens with zero attached hydrogens (tertiary/aromatic N) is 1. The van der Waals surface area contributed by atoms with Crippen LogP contribution in [0.5, 0.6) is 0 Å². The van der Waals surface area contributed by atoms with Gasteiger partial charge in [-0.05, 0) is 19.9 Å². The molecule has 0 saturated carbocycles. The molecule has 0 aromatic carbocycles. The summed E-state index contributed by atoms with van der Waals surface area (Å²) in [6.45, 7) is 7.52. The first-order valence-electron chi connectivity index (χ1n) is 4.92. The number of hydrogen-bond acceptors (Lipinski definition) is 3. The summed E-state index contributed by atoms with van der Waals surface area (Å²) >= 11 is 1.78. The number of hydrogen-bond donors (Lipinski definition) is 1. The smallest absolute Gasteiger partial charge is 0.0943 e. The van der Waals surface area contributed by atoms with Gasteiger partial charge in [-0.25, -0.2) is 4.98 Å². The largest absolute Gasteiger partial charge is 0.314 e. The number of thiazole rings is 1. The van der Waals surface area contributed by atoms with Crippen LogP contribution in [-0.4, -0.2) is 17.6 Å². The molecule has 13 heavy (non-hydrogen) atoms. The third-order valence-electron chi connectivity index (χ3n) is 1.99. The zero-order chi connectivity index (χ0) is 9.68. The molecule has 0 amide bonds. The van der Waals surface area contributed by atoms with Crippen LogP contribution in [0.2, 0.25) is 0 Å². The summed E-state index contributed by atoms with van der Waals surface area (Å²) in [6.07, 6.45) is 2.10. The van der Waals surface area contributed by atoms with Gasteiger partial charge in [0.1, 0.15) is 0 Å². The highest BCUT2D eigenvalue weighted by molar-refractivity contribution is 7.09. The molecule has 74 valence electrons. The van der Waals surface area contributed by atoms with E-state index in [4.69, 9.17) is 0 Å². The third-order valence-corrected chi connectivity index (χ3v) is 2.91. The van der Waals surface area contributed by atoms with E-state index >= 15 is 0 Å². The lowest BCUT2D eigenvalue weighted by Crippen LogP contribution is -2.27. The van der Waals surface area contributed by atoms with Crippen LogP contribution in [0.4, 0.5) is 0 Å². The standard InChI is InChI=1S/C10H18N2S/c1-4-9-7-13-10(12-9)6-8(3)11-5-2/h7-8,11H,4-6H2,1-3H3. The molecule has 2 nitrogen and oxygen atoms in total. The average molecular weight is 198 g/mol. The van der Waals surface area contributed by atoms with E-state index < -0.39 is 0 Å². The maximum Gasteiger partial charge on any atom is 0.0943 e. The zero-order valence-electron chi connectivity index (χ0n) is 8.63. The minimum absolute atomic E-state index is 0.542. The maximum atomic E-state index is 4.53. The summed E-state index contributed by atoms with van der Waals surface area (Å²) in [5, 5.41) is 6.80. The van der Waals surface area contributed by atoms with Gasteiger partial charge in [0.15, 0.2) is 0 Å². The fourth-order valence-electron chi connectivity index (χ4n) is 1.29. The van der Waals surface area contributed by atoms with Crippen molar-refractivity contribution in [1.82, 2.24) is 10.3 Å². The summed E-state index contributed by atoms with van der Waals surface area (Å²) in [6, 6.07) is 0.542. The molecule has 3 heteroatoms. The van der Waals surface area contributed by atoms with Crippen molar-refractivity contribution in [3.63, 3.8) is 0 Å². The van der Waals surface area contributed by atoms with E-state index in [1.165, 1.54) is 10.7 Å². The first kappa shape index (κ1) is 10.7. The summed E-state index contributed by atoms with van der Waals surface area (Å²) in [7, 11) is 0. The second kappa shape index (κ2) is 5.35. The Bertz CT molecular complexity index is 245. The number of nitrogens with one attached hydrogen (secondary N) is 1. The van der Waals surface area contributed by atoms with Crippen molar-refractivity contribution in [1.29, 1.82) is 0 Å². The van der Waals surface area contributed by atoms with Gasteiger partial charge in [0, 0.05) is 17.8 Å². The Morgan fingerprint density at radius 1 is 1.54 bits per heavy atom. The fourth-order valence-corrected chi connectivity index (χ4v) is 2.30. The fraction of sp³-hybridized carbons (Fsp3) is 0.700. The van der Waals surface area contributed by atoms with Crippen LogP contribution in [0, 0.1) is 0 Å². The summed E-state index contributed by atoms with van der Waals surface area (Å²) in [4.78, 5) is 4.53. The van der Waals surface area contributed by atoms with Gasteiger partial charge in [-0.3, -0.25) is 0 Å². The van der Waals surface area contributed by atoms with E-state index in [-0.39, 0.29) is 0 Å². The number of aryl methyl sites for hydroxylation is 1. The van der Waals surface area contributed by atoms with Crippen molar-refractivity contribution in [2.75, 3.05) is 6.54 Å². The van der Waals surface area contributed by atoms with E-state index in [1.54, 1.807) is 11.3 Å². The first-order valence-corrected chi connectivity index (χ1v) is 5.80. The molecule has 1 unspecified atom stereocenters. The van der Waals surface area contributed by atoms with Gasteiger partial charge in [-0.1, -0.05) is 13.8 Å². The number of rotatable bonds is 5. The third kappa shape index (κ3) is 3.44. The van der Waals surface area contributed by atoms with Gasteiger partial charge in [0.05, 0.1) is 10.7 Å². The molecular weight excluding hydrogens is 180 g/mol. The quantitative estimate of drug-likeness (QED) is 0.785. The molecule has 1 N–H and O–H groups in total. The lowest BCUT2D eigenvalue weighted by Gasteiger charge is -2.09.